The number of hydrogen-bond acceptors (Lipinski definition) is 4. The Morgan fingerprint density at radius 1 is 1.33 bits per heavy atom. The van der Waals surface area contributed by atoms with E-state index in [4.69, 9.17) is 5.11 Å². The van der Waals surface area contributed by atoms with E-state index in [0.717, 1.165) is 29.1 Å². The van der Waals surface area contributed by atoms with Crippen LogP contribution in [0.2, 0.25) is 0 Å². The maximum absolute atomic E-state index is 12.6. The highest BCUT2D eigenvalue weighted by Gasteiger charge is 2.34. The number of nitrogens with zero attached hydrogens (tertiary/aromatic N) is 2. The minimum absolute atomic E-state index is 0.0319. The zero-order valence-electron chi connectivity index (χ0n) is 13.5. The van der Waals surface area contributed by atoms with Gasteiger partial charge in [0.15, 0.2) is 0 Å². The van der Waals surface area contributed by atoms with Crippen molar-refractivity contribution in [3.8, 4) is 10.6 Å². The van der Waals surface area contributed by atoms with Crippen molar-refractivity contribution in [1.29, 1.82) is 0 Å². The number of thiazole rings is 1. The van der Waals surface area contributed by atoms with E-state index in [1.807, 2.05) is 35.7 Å². The van der Waals surface area contributed by atoms with E-state index < -0.39 is 11.9 Å². The zero-order valence-corrected chi connectivity index (χ0v) is 14.3. The molecule has 5 nitrogen and oxygen atoms in total. The van der Waals surface area contributed by atoms with Gasteiger partial charge >= 0.3 is 5.97 Å². The third-order valence-electron chi connectivity index (χ3n) is 4.10. The van der Waals surface area contributed by atoms with Gasteiger partial charge in [0.25, 0.3) is 0 Å². The Morgan fingerprint density at radius 2 is 2.04 bits per heavy atom. The molecular weight excluding hydrogens is 324 g/mol. The number of hydrogen-bond donors (Lipinski definition) is 1. The Labute approximate surface area is 145 Å². The number of carbonyl (C=O) groups excluding carboxylic acids is 1. The molecule has 6 heteroatoms. The fourth-order valence-electron chi connectivity index (χ4n) is 2.57. The monoisotopic (exact) mass is 344 g/mol. The van der Waals surface area contributed by atoms with Crippen molar-refractivity contribution in [2.24, 2.45) is 5.92 Å². The van der Waals surface area contributed by atoms with Gasteiger partial charge in [0, 0.05) is 23.5 Å². The summed E-state index contributed by atoms with van der Waals surface area (Å²) in [7, 11) is 0. The summed E-state index contributed by atoms with van der Waals surface area (Å²) < 4.78 is 0. The molecule has 0 spiro atoms. The van der Waals surface area contributed by atoms with E-state index in [2.05, 4.69) is 4.98 Å². The van der Waals surface area contributed by atoms with Gasteiger partial charge in [0.1, 0.15) is 5.01 Å². The van der Waals surface area contributed by atoms with Crippen LogP contribution in [0.4, 0.5) is 0 Å². The molecule has 0 bridgehead atoms. The Balaban J connectivity index is 1.67. The zero-order chi connectivity index (χ0) is 17.1. The highest BCUT2D eigenvalue weighted by Crippen LogP contribution is 2.29. The lowest BCUT2D eigenvalue weighted by molar-refractivity contribution is -0.143. The fraction of sp³-hybridized carbons (Fsp3) is 0.389. The highest BCUT2D eigenvalue weighted by molar-refractivity contribution is 7.13. The molecule has 1 aliphatic carbocycles. The summed E-state index contributed by atoms with van der Waals surface area (Å²) in [6.07, 6.45) is 2.15. The largest absolute Gasteiger partial charge is 0.481 e. The molecule has 1 fully saturated rings. The number of carbonyl (C=O) groups is 2. The number of amides is 1. The summed E-state index contributed by atoms with van der Waals surface area (Å²) >= 11 is 1.52. The maximum atomic E-state index is 12.6. The Kier molecular flexibility index (Phi) is 4.94. The molecule has 1 atom stereocenters. The van der Waals surface area contributed by atoms with Gasteiger partial charge in [-0.15, -0.1) is 11.3 Å². The molecule has 1 heterocycles. The van der Waals surface area contributed by atoms with Crippen molar-refractivity contribution < 1.29 is 14.7 Å². The molecule has 0 radical (unpaired) electrons. The van der Waals surface area contributed by atoms with E-state index in [1.165, 1.54) is 11.3 Å². The van der Waals surface area contributed by atoms with E-state index >= 15 is 0 Å². The van der Waals surface area contributed by atoms with Crippen molar-refractivity contribution in [1.82, 2.24) is 9.88 Å². The molecule has 0 aliphatic heterocycles. The van der Waals surface area contributed by atoms with Crippen molar-refractivity contribution in [2.45, 2.75) is 32.2 Å². The molecule has 1 N–H and O–H groups in total. The predicted octanol–water partition coefficient (Wildman–Crippen LogP) is 3.06. The van der Waals surface area contributed by atoms with Crippen LogP contribution in [0, 0.1) is 5.92 Å². The van der Waals surface area contributed by atoms with Crippen molar-refractivity contribution in [3.05, 3.63) is 41.4 Å². The SMILES string of the molecule is CC(CN(C(=O)Cc1csc(-c2ccccc2)n1)C1CC1)C(=O)O. The molecule has 0 saturated heterocycles. The molecule has 2 aromatic rings. The second-order valence-corrected chi connectivity index (χ2v) is 7.06. The topological polar surface area (TPSA) is 70.5 Å². The van der Waals surface area contributed by atoms with E-state index in [1.54, 1.807) is 11.8 Å². The quantitative estimate of drug-likeness (QED) is 0.838. The first-order valence-electron chi connectivity index (χ1n) is 8.06. The Morgan fingerprint density at radius 3 is 2.67 bits per heavy atom. The van der Waals surface area contributed by atoms with Crippen molar-refractivity contribution in [3.63, 3.8) is 0 Å². The number of aromatic nitrogens is 1. The standard InChI is InChI=1S/C18H20N2O3S/c1-12(18(22)23)10-20(15-7-8-15)16(21)9-14-11-24-17(19-14)13-5-3-2-4-6-13/h2-6,11-12,15H,7-10H2,1H3,(H,22,23). The minimum Gasteiger partial charge on any atom is -0.481 e. The first-order valence-corrected chi connectivity index (χ1v) is 8.94. The van der Waals surface area contributed by atoms with Gasteiger partial charge in [-0.3, -0.25) is 9.59 Å². The molecule has 126 valence electrons. The lowest BCUT2D eigenvalue weighted by Crippen LogP contribution is -2.39. The molecule has 1 saturated carbocycles. The first kappa shape index (κ1) is 16.6. The summed E-state index contributed by atoms with van der Waals surface area (Å²) in [4.78, 5) is 29.9. The summed E-state index contributed by atoms with van der Waals surface area (Å²) in [5, 5.41) is 11.9. The van der Waals surface area contributed by atoms with Gasteiger partial charge in [0.2, 0.25) is 5.91 Å². The molecule has 1 unspecified atom stereocenters. The second kappa shape index (κ2) is 7.13. The van der Waals surface area contributed by atoms with Crippen LogP contribution in [0.25, 0.3) is 10.6 Å². The maximum Gasteiger partial charge on any atom is 0.308 e. The summed E-state index contributed by atoms with van der Waals surface area (Å²) in [6, 6.07) is 10.1. The number of benzene rings is 1. The van der Waals surface area contributed by atoms with Gasteiger partial charge in [0.05, 0.1) is 18.0 Å². The van der Waals surface area contributed by atoms with Gasteiger partial charge in [-0.05, 0) is 12.8 Å². The van der Waals surface area contributed by atoms with Crippen LogP contribution in [0.5, 0.6) is 0 Å². The number of carboxylic acid groups (broad SMARTS) is 1. The molecule has 1 amide bonds. The summed E-state index contributed by atoms with van der Waals surface area (Å²) in [5.41, 5.74) is 1.79. The predicted molar refractivity (Wildman–Crippen MR) is 92.8 cm³/mol. The average Bonchev–Trinajstić information content (AvgIpc) is 3.31. The summed E-state index contributed by atoms with van der Waals surface area (Å²) in [5.74, 6) is -1.45. The van der Waals surface area contributed by atoms with Crippen LogP contribution >= 0.6 is 11.3 Å². The van der Waals surface area contributed by atoms with E-state index in [0.29, 0.717) is 0 Å². The van der Waals surface area contributed by atoms with Crippen LogP contribution in [0.1, 0.15) is 25.5 Å². The van der Waals surface area contributed by atoms with Crippen LogP contribution < -0.4 is 0 Å². The number of rotatable bonds is 7. The minimum atomic E-state index is -0.867. The van der Waals surface area contributed by atoms with Gasteiger partial charge in [-0.25, -0.2) is 4.98 Å². The lowest BCUT2D eigenvalue weighted by atomic mass is 10.1. The molecule has 1 aromatic heterocycles. The average molecular weight is 344 g/mol. The Hall–Kier alpha value is -2.21. The van der Waals surface area contributed by atoms with E-state index in [9.17, 15) is 9.59 Å². The molecule has 1 aromatic carbocycles. The third kappa shape index (κ3) is 4.00. The molecule has 3 rings (SSSR count). The van der Waals surface area contributed by atoms with Gasteiger partial charge in [-0.1, -0.05) is 37.3 Å². The highest BCUT2D eigenvalue weighted by atomic mass is 32.1. The van der Waals surface area contributed by atoms with Gasteiger partial charge in [-0.2, -0.15) is 0 Å². The van der Waals surface area contributed by atoms with Gasteiger partial charge < -0.3 is 10.0 Å². The number of aliphatic carboxylic acids is 1. The third-order valence-corrected chi connectivity index (χ3v) is 5.05. The van der Waals surface area contributed by atoms with Crippen molar-refractivity contribution >= 4 is 23.2 Å². The van der Waals surface area contributed by atoms with Crippen LogP contribution in [-0.4, -0.2) is 39.5 Å². The molecule has 1 aliphatic rings. The lowest BCUT2D eigenvalue weighted by Gasteiger charge is -2.24. The molecule has 24 heavy (non-hydrogen) atoms. The second-order valence-electron chi connectivity index (χ2n) is 6.20. The smallest absolute Gasteiger partial charge is 0.308 e. The fourth-order valence-corrected chi connectivity index (χ4v) is 3.40. The number of carboxylic acids is 1. The summed E-state index contributed by atoms with van der Waals surface area (Å²) in [6.45, 7) is 1.91. The van der Waals surface area contributed by atoms with Crippen molar-refractivity contribution in [2.75, 3.05) is 6.54 Å². The first-order chi connectivity index (χ1) is 11.5. The van der Waals surface area contributed by atoms with Crippen LogP contribution in [-0.2, 0) is 16.0 Å². The Bertz CT molecular complexity index is 725. The van der Waals surface area contributed by atoms with Crippen LogP contribution in [0.3, 0.4) is 0 Å². The molecular formula is C18H20N2O3S. The van der Waals surface area contributed by atoms with Crippen LogP contribution in [0.15, 0.2) is 35.7 Å². The normalized spacial score (nSPS) is 15.0. The van der Waals surface area contributed by atoms with E-state index in [-0.39, 0.29) is 24.9 Å².